The highest BCUT2D eigenvalue weighted by atomic mass is 15.3. The lowest BCUT2D eigenvalue weighted by molar-refractivity contribution is 0.453. The third-order valence-corrected chi connectivity index (χ3v) is 2.23. The van der Waals surface area contributed by atoms with E-state index in [9.17, 15) is 0 Å². The zero-order valence-corrected chi connectivity index (χ0v) is 9.90. The van der Waals surface area contributed by atoms with E-state index in [-0.39, 0.29) is 0 Å². The second-order valence-corrected chi connectivity index (χ2v) is 4.19. The van der Waals surface area contributed by atoms with Crippen LogP contribution in [0.1, 0.15) is 20.8 Å². The lowest BCUT2D eigenvalue weighted by atomic mass is 10.3. The summed E-state index contributed by atoms with van der Waals surface area (Å²) >= 11 is 0. The van der Waals surface area contributed by atoms with E-state index in [1.54, 1.807) is 0 Å². The van der Waals surface area contributed by atoms with Crippen LogP contribution in [0.25, 0.3) is 0 Å². The van der Waals surface area contributed by atoms with Gasteiger partial charge in [0.15, 0.2) is 0 Å². The molecule has 1 atom stereocenters. The first-order chi connectivity index (χ1) is 7.18. The molecule has 0 aliphatic heterocycles. The topological polar surface area (TPSA) is 41.9 Å². The molecule has 86 valence electrons. The minimum atomic E-state index is 0.503. The van der Waals surface area contributed by atoms with E-state index in [1.165, 1.54) is 0 Å². The van der Waals surface area contributed by atoms with Gasteiger partial charge < -0.3 is 10.6 Å². The Labute approximate surface area is 92.1 Å². The van der Waals surface area contributed by atoms with Gasteiger partial charge in [0.1, 0.15) is 0 Å². The van der Waals surface area contributed by atoms with Crippen molar-refractivity contribution < 1.29 is 0 Å². The molecule has 0 saturated carbocycles. The van der Waals surface area contributed by atoms with E-state index < -0.39 is 0 Å². The first kappa shape index (κ1) is 12.2. The van der Waals surface area contributed by atoms with Crippen LogP contribution in [-0.2, 0) is 6.54 Å². The Balaban J connectivity index is 2.04. The van der Waals surface area contributed by atoms with Crippen LogP contribution in [-0.4, -0.2) is 35.0 Å². The van der Waals surface area contributed by atoms with Crippen molar-refractivity contribution in [3.63, 3.8) is 0 Å². The summed E-state index contributed by atoms with van der Waals surface area (Å²) in [4.78, 5) is 0. The quantitative estimate of drug-likeness (QED) is 0.701. The van der Waals surface area contributed by atoms with Crippen LogP contribution < -0.4 is 10.6 Å². The fraction of sp³-hybridized carbons (Fsp3) is 0.727. The highest BCUT2D eigenvalue weighted by Gasteiger charge is 2.01. The molecular weight excluding hydrogens is 188 g/mol. The minimum absolute atomic E-state index is 0.503. The van der Waals surface area contributed by atoms with Crippen molar-refractivity contribution in [1.82, 2.24) is 20.4 Å². The molecule has 1 aromatic heterocycles. The van der Waals surface area contributed by atoms with Crippen molar-refractivity contribution in [2.45, 2.75) is 39.4 Å². The van der Waals surface area contributed by atoms with Crippen molar-refractivity contribution in [3.8, 4) is 0 Å². The molecule has 0 fully saturated rings. The molecule has 15 heavy (non-hydrogen) atoms. The van der Waals surface area contributed by atoms with E-state index in [4.69, 9.17) is 0 Å². The molecule has 1 heterocycles. The molecule has 4 heteroatoms. The Kier molecular flexibility index (Phi) is 5.36. The number of hydrogen-bond donors (Lipinski definition) is 2. The average molecular weight is 210 g/mol. The van der Waals surface area contributed by atoms with E-state index in [1.807, 2.05) is 23.1 Å². The van der Waals surface area contributed by atoms with Gasteiger partial charge in [-0.05, 0) is 13.0 Å². The Morgan fingerprint density at radius 1 is 1.27 bits per heavy atom. The molecule has 0 aromatic carbocycles. The summed E-state index contributed by atoms with van der Waals surface area (Å²) in [6, 6.07) is 3.01. The molecule has 2 N–H and O–H groups in total. The van der Waals surface area contributed by atoms with Crippen LogP contribution in [0.3, 0.4) is 0 Å². The summed E-state index contributed by atoms with van der Waals surface area (Å²) in [5.74, 6) is 0. The molecule has 1 rings (SSSR count). The van der Waals surface area contributed by atoms with Gasteiger partial charge in [0.25, 0.3) is 0 Å². The summed E-state index contributed by atoms with van der Waals surface area (Å²) in [6.45, 7) is 9.42. The molecule has 0 aliphatic carbocycles. The molecule has 4 nitrogen and oxygen atoms in total. The van der Waals surface area contributed by atoms with E-state index in [2.05, 4.69) is 36.5 Å². The predicted octanol–water partition coefficient (Wildman–Crippen LogP) is 0.859. The fourth-order valence-electron chi connectivity index (χ4n) is 1.34. The molecule has 0 amide bonds. The largest absolute Gasteiger partial charge is 0.313 e. The molecule has 0 spiro atoms. The molecule has 0 radical (unpaired) electrons. The Bertz CT molecular complexity index is 243. The van der Waals surface area contributed by atoms with Crippen molar-refractivity contribution in [3.05, 3.63) is 18.5 Å². The fourth-order valence-corrected chi connectivity index (χ4v) is 1.34. The highest BCUT2D eigenvalue weighted by molar-refractivity contribution is 4.78. The van der Waals surface area contributed by atoms with Gasteiger partial charge >= 0.3 is 0 Å². The molecular formula is C11H22N4. The second kappa shape index (κ2) is 6.58. The Hall–Kier alpha value is -0.870. The minimum Gasteiger partial charge on any atom is -0.313 e. The lowest BCUT2D eigenvalue weighted by Gasteiger charge is -2.16. The van der Waals surface area contributed by atoms with Gasteiger partial charge in [0.05, 0.1) is 6.54 Å². The maximum absolute atomic E-state index is 4.15. The smallest absolute Gasteiger partial charge is 0.0534 e. The first-order valence-corrected chi connectivity index (χ1v) is 5.62. The lowest BCUT2D eigenvalue weighted by Crippen LogP contribution is -2.40. The van der Waals surface area contributed by atoms with Crippen LogP contribution >= 0.6 is 0 Å². The number of nitrogens with one attached hydrogen (secondary N) is 2. The molecule has 0 aliphatic rings. The van der Waals surface area contributed by atoms with E-state index in [0.717, 1.165) is 19.6 Å². The van der Waals surface area contributed by atoms with Crippen LogP contribution in [0.15, 0.2) is 18.5 Å². The van der Waals surface area contributed by atoms with Crippen LogP contribution in [0, 0.1) is 0 Å². The SMILES string of the molecule is CC(C)NCC(C)NCCn1cccn1. The zero-order chi connectivity index (χ0) is 11.1. The number of rotatable bonds is 7. The summed E-state index contributed by atoms with van der Waals surface area (Å²) < 4.78 is 1.94. The van der Waals surface area contributed by atoms with Crippen LogP contribution in [0.2, 0.25) is 0 Å². The summed E-state index contributed by atoms with van der Waals surface area (Å²) in [7, 11) is 0. The maximum Gasteiger partial charge on any atom is 0.0534 e. The average Bonchev–Trinajstić information content (AvgIpc) is 2.67. The summed E-state index contributed by atoms with van der Waals surface area (Å²) in [5.41, 5.74) is 0. The van der Waals surface area contributed by atoms with Gasteiger partial charge in [-0.1, -0.05) is 13.8 Å². The third kappa shape index (κ3) is 5.54. The summed E-state index contributed by atoms with van der Waals surface area (Å²) in [5, 5.41) is 11.0. The van der Waals surface area contributed by atoms with Crippen LogP contribution in [0.5, 0.6) is 0 Å². The van der Waals surface area contributed by atoms with Crippen molar-refractivity contribution in [2.24, 2.45) is 0 Å². The van der Waals surface area contributed by atoms with Gasteiger partial charge in [-0.3, -0.25) is 4.68 Å². The van der Waals surface area contributed by atoms with Crippen molar-refractivity contribution >= 4 is 0 Å². The molecule has 1 unspecified atom stereocenters. The van der Waals surface area contributed by atoms with E-state index in [0.29, 0.717) is 12.1 Å². The number of hydrogen-bond acceptors (Lipinski definition) is 3. The predicted molar refractivity (Wildman–Crippen MR) is 62.8 cm³/mol. The number of nitrogens with zero attached hydrogens (tertiary/aromatic N) is 2. The van der Waals surface area contributed by atoms with Crippen molar-refractivity contribution in [2.75, 3.05) is 13.1 Å². The second-order valence-electron chi connectivity index (χ2n) is 4.19. The zero-order valence-electron chi connectivity index (χ0n) is 9.90. The van der Waals surface area contributed by atoms with Gasteiger partial charge in [0, 0.05) is 37.6 Å². The first-order valence-electron chi connectivity index (χ1n) is 5.62. The van der Waals surface area contributed by atoms with Gasteiger partial charge in [-0.2, -0.15) is 5.10 Å². The van der Waals surface area contributed by atoms with E-state index >= 15 is 0 Å². The van der Waals surface area contributed by atoms with Crippen LogP contribution in [0.4, 0.5) is 0 Å². The Morgan fingerprint density at radius 3 is 2.67 bits per heavy atom. The van der Waals surface area contributed by atoms with Gasteiger partial charge in [0.2, 0.25) is 0 Å². The van der Waals surface area contributed by atoms with Crippen molar-refractivity contribution in [1.29, 1.82) is 0 Å². The Morgan fingerprint density at radius 2 is 2.07 bits per heavy atom. The number of aromatic nitrogens is 2. The third-order valence-electron chi connectivity index (χ3n) is 2.23. The standard InChI is InChI=1S/C11H22N4/c1-10(2)13-9-11(3)12-6-8-15-7-4-5-14-15/h4-5,7,10-13H,6,8-9H2,1-3H3. The summed E-state index contributed by atoms with van der Waals surface area (Å²) in [6.07, 6.45) is 3.79. The normalized spacial score (nSPS) is 13.3. The molecule has 0 bridgehead atoms. The van der Waals surface area contributed by atoms with Gasteiger partial charge in [-0.25, -0.2) is 0 Å². The van der Waals surface area contributed by atoms with Gasteiger partial charge in [-0.15, -0.1) is 0 Å². The maximum atomic E-state index is 4.15. The highest BCUT2D eigenvalue weighted by Crippen LogP contribution is 1.85. The molecule has 0 saturated heterocycles. The molecule has 1 aromatic rings. The monoisotopic (exact) mass is 210 g/mol.